The van der Waals surface area contributed by atoms with Crippen LogP contribution in [0.25, 0.3) is 10.8 Å². The highest BCUT2D eigenvalue weighted by molar-refractivity contribution is 7.78. The van der Waals surface area contributed by atoms with Gasteiger partial charge in [-0.2, -0.15) is 9.98 Å². The van der Waals surface area contributed by atoms with Gasteiger partial charge in [0.05, 0.1) is 21.7 Å². The molecule has 0 atom stereocenters. The first-order valence-electron chi connectivity index (χ1n) is 9.87. The van der Waals surface area contributed by atoms with Gasteiger partial charge in [0, 0.05) is 0 Å². The Morgan fingerprint density at radius 3 is 1.63 bits per heavy atom. The highest BCUT2D eigenvalue weighted by Gasteiger charge is 2.11. The fourth-order valence-corrected chi connectivity index (χ4v) is 3.96. The van der Waals surface area contributed by atoms with E-state index in [0.29, 0.717) is 0 Å². The van der Waals surface area contributed by atoms with E-state index in [0.717, 1.165) is 16.9 Å². The molecule has 3 rings (SSSR count). The zero-order chi connectivity index (χ0) is 22.6. The van der Waals surface area contributed by atoms with Gasteiger partial charge in [0.1, 0.15) is 0 Å². The van der Waals surface area contributed by atoms with Crippen molar-refractivity contribution in [3.8, 4) is 0 Å². The predicted octanol–water partition coefficient (Wildman–Crippen LogP) is 8.46. The van der Waals surface area contributed by atoms with Crippen LogP contribution >= 0.6 is 24.4 Å². The van der Waals surface area contributed by atoms with Crippen LogP contribution in [-0.2, 0) is 0 Å². The molecule has 0 bridgehead atoms. The van der Waals surface area contributed by atoms with E-state index in [1.807, 2.05) is 0 Å². The number of isothiocyanates is 2. The molecule has 0 aliphatic heterocycles. The zero-order valence-electron chi connectivity index (χ0n) is 19.0. The minimum absolute atomic E-state index is 0.950. The van der Waals surface area contributed by atoms with Crippen LogP contribution in [0.1, 0.15) is 44.5 Å². The molecule has 0 aliphatic rings. The first-order chi connectivity index (χ1) is 14.1. The summed E-state index contributed by atoms with van der Waals surface area (Å²) < 4.78 is 0. The van der Waals surface area contributed by atoms with Crippen molar-refractivity contribution in [3.63, 3.8) is 0 Å². The monoisotopic (exact) mass is 432 g/mol. The van der Waals surface area contributed by atoms with Crippen molar-refractivity contribution in [1.82, 2.24) is 0 Å². The van der Waals surface area contributed by atoms with Gasteiger partial charge in [-0.05, 0) is 136 Å². The summed E-state index contributed by atoms with van der Waals surface area (Å²) in [4.78, 5) is 8.28. The van der Waals surface area contributed by atoms with Crippen molar-refractivity contribution in [2.45, 2.75) is 55.4 Å². The van der Waals surface area contributed by atoms with E-state index in [2.05, 4.69) is 124 Å². The first-order valence-corrected chi connectivity index (χ1v) is 10.7. The maximum atomic E-state index is 4.68. The van der Waals surface area contributed by atoms with Crippen LogP contribution in [-0.4, -0.2) is 10.3 Å². The van der Waals surface area contributed by atoms with Crippen LogP contribution < -0.4 is 0 Å². The summed E-state index contributed by atoms with van der Waals surface area (Å²) in [5, 5.41) is 7.40. The summed E-state index contributed by atoms with van der Waals surface area (Å²) in [5.74, 6) is 0. The third-order valence-electron chi connectivity index (χ3n) is 5.99. The van der Waals surface area contributed by atoms with Crippen molar-refractivity contribution in [1.29, 1.82) is 0 Å². The molecule has 0 heterocycles. The van der Waals surface area contributed by atoms with E-state index in [1.54, 1.807) is 0 Å². The van der Waals surface area contributed by atoms with Gasteiger partial charge in [-0.1, -0.05) is 23.8 Å². The van der Waals surface area contributed by atoms with Gasteiger partial charge in [-0.25, -0.2) is 0 Å². The number of fused-ring (bicyclic) bond motifs is 1. The molecule has 0 amide bonds. The molecule has 3 aromatic rings. The number of hydrogen-bond acceptors (Lipinski definition) is 4. The normalized spacial score (nSPS) is 10.0. The first kappa shape index (κ1) is 23.8. The molecule has 2 nitrogen and oxygen atoms in total. The van der Waals surface area contributed by atoms with Gasteiger partial charge >= 0.3 is 0 Å². The van der Waals surface area contributed by atoms with E-state index >= 15 is 0 Å². The molecule has 30 heavy (non-hydrogen) atoms. The van der Waals surface area contributed by atoms with Gasteiger partial charge in [-0.3, -0.25) is 0 Å². The van der Waals surface area contributed by atoms with Gasteiger partial charge in [0.2, 0.25) is 0 Å². The maximum absolute atomic E-state index is 4.68. The average molecular weight is 433 g/mol. The SMILES string of the molecule is Cc1c(C)c(C)c(N=C=S)c(C)c1C.Cc1ccc2c(C)c(N=C=S)c(C)cc2c1. The number of benzene rings is 3. The van der Waals surface area contributed by atoms with Gasteiger partial charge in [0.25, 0.3) is 0 Å². The van der Waals surface area contributed by atoms with Crippen LogP contribution in [0, 0.1) is 55.4 Å². The second-order valence-electron chi connectivity index (χ2n) is 7.77. The lowest BCUT2D eigenvalue weighted by atomic mass is 9.93. The number of aliphatic imine (C=N–C) groups is 2. The Morgan fingerprint density at radius 2 is 1.10 bits per heavy atom. The van der Waals surface area contributed by atoms with E-state index in [4.69, 9.17) is 0 Å². The van der Waals surface area contributed by atoms with Crippen molar-refractivity contribution in [2.75, 3.05) is 0 Å². The Hall–Kier alpha value is -2.48. The number of hydrogen-bond donors (Lipinski definition) is 0. The lowest BCUT2D eigenvalue weighted by Crippen LogP contribution is -1.95. The van der Waals surface area contributed by atoms with Crippen molar-refractivity contribution in [3.05, 3.63) is 68.8 Å². The highest BCUT2D eigenvalue weighted by Crippen LogP contribution is 2.32. The third kappa shape index (κ3) is 4.80. The molecule has 0 saturated heterocycles. The second-order valence-corrected chi connectivity index (χ2v) is 8.14. The van der Waals surface area contributed by atoms with Gasteiger partial charge < -0.3 is 0 Å². The van der Waals surface area contributed by atoms with Crippen molar-refractivity contribution < 1.29 is 0 Å². The minimum Gasteiger partial charge on any atom is -0.194 e. The molecule has 4 heteroatoms. The summed E-state index contributed by atoms with van der Waals surface area (Å²) in [6, 6.07) is 8.61. The summed E-state index contributed by atoms with van der Waals surface area (Å²) >= 11 is 9.34. The molecule has 0 radical (unpaired) electrons. The minimum atomic E-state index is 0.950. The van der Waals surface area contributed by atoms with Gasteiger partial charge in [0.15, 0.2) is 0 Å². The topological polar surface area (TPSA) is 24.7 Å². The van der Waals surface area contributed by atoms with Crippen LogP contribution in [0.3, 0.4) is 0 Å². The highest BCUT2D eigenvalue weighted by atomic mass is 32.1. The number of aryl methyl sites for hydroxylation is 3. The zero-order valence-corrected chi connectivity index (χ0v) is 20.7. The van der Waals surface area contributed by atoms with Crippen LogP contribution in [0.15, 0.2) is 34.3 Å². The summed E-state index contributed by atoms with van der Waals surface area (Å²) in [6.45, 7) is 16.8. The van der Waals surface area contributed by atoms with E-state index < -0.39 is 0 Å². The smallest absolute Gasteiger partial charge is 0.0804 e. The third-order valence-corrected chi connectivity index (χ3v) is 6.17. The maximum Gasteiger partial charge on any atom is 0.0804 e. The number of nitrogens with zero attached hydrogens (tertiary/aromatic N) is 2. The Kier molecular flexibility index (Phi) is 7.95. The van der Waals surface area contributed by atoms with E-state index in [9.17, 15) is 0 Å². The standard InChI is InChI=1S/C14H13NS.C12H15NS/c1-9-4-5-13-11(3)14(15-8-16)10(2)7-12(13)6-9;1-7-8(2)10(4)12(13-6-14)11(5)9(7)3/h4-7H,1-3H3;1-5H3. The van der Waals surface area contributed by atoms with Gasteiger partial charge in [-0.15, -0.1) is 0 Å². The Labute approximate surface area is 190 Å². The number of thiocarbonyl (C=S) groups is 2. The second kappa shape index (κ2) is 10.0. The molecule has 3 aromatic carbocycles. The van der Waals surface area contributed by atoms with Crippen LogP contribution in [0.2, 0.25) is 0 Å². The lowest BCUT2D eigenvalue weighted by Gasteiger charge is -2.14. The van der Waals surface area contributed by atoms with Crippen LogP contribution in [0.4, 0.5) is 11.4 Å². The Balaban J connectivity index is 0.000000216. The summed E-state index contributed by atoms with van der Waals surface area (Å²) in [7, 11) is 0. The summed E-state index contributed by atoms with van der Waals surface area (Å²) in [5.41, 5.74) is 11.9. The van der Waals surface area contributed by atoms with Crippen molar-refractivity contribution in [2.24, 2.45) is 9.98 Å². The quantitative estimate of drug-likeness (QED) is 0.300. The molecule has 0 N–H and O–H groups in total. The Morgan fingerprint density at radius 1 is 0.600 bits per heavy atom. The van der Waals surface area contributed by atoms with E-state index in [-0.39, 0.29) is 0 Å². The summed E-state index contributed by atoms with van der Waals surface area (Å²) in [6.07, 6.45) is 0. The van der Waals surface area contributed by atoms with E-state index in [1.165, 1.54) is 49.7 Å². The lowest BCUT2D eigenvalue weighted by molar-refractivity contribution is 1.17. The molecule has 0 unspecified atom stereocenters. The molecular weight excluding hydrogens is 404 g/mol. The molecule has 0 aliphatic carbocycles. The van der Waals surface area contributed by atoms with Crippen molar-refractivity contribution >= 4 is 56.9 Å². The molecule has 0 spiro atoms. The fourth-order valence-electron chi connectivity index (χ4n) is 3.78. The molecule has 154 valence electrons. The Bertz CT molecular complexity index is 1200. The number of rotatable bonds is 2. The fraction of sp³-hybridized carbons (Fsp3) is 0.308. The average Bonchev–Trinajstić information content (AvgIpc) is 2.71. The molecular formula is C26H28N2S2. The predicted molar refractivity (Wildman–Crippen MR) is 138 cm³/mol. The largest absolute Gasteiger partial charge is 0.194 e. The molecule has 0 fully saturated rings. The molecule has 0 aromatic heterocycles. The molecule has 0 saturated carbocycles. The van der Waals surface area contributed by atoms with Crippen LogP contribution in [0.5, 0.6) is 0 Å².